The van der Waals surface area contributed by atoms with E-state index in [2.05, 4.69) is 10.2 Å². The molecule has 5 heteroatoms. The standard InChI is InChI=1S/C22H31N3O2/c1-16-3-2-4-18(15-16)22(27)25-13-9-20(10-14-25)24-11-7-17(8-12-24)21(26)23-19-5-6-19/h2-4,15,17,19-20H,5-14H2,1H3,(H,23,26). The molecule has 2 aliphatic heterocycles. The first kappa shape index (κ1) is 18.5. The summed E-state index contributed by atoms with van der Waals surface area (Å²) in [5, 5.41) is 3.15. The Hall–Kier alpha value is -1.88. The van der Waals surface area contributed by atoms with Gasteiger partial charge in [0.05, 0.1) is 0 Å². The fourth-order valence-corrected chi connectivity index (χ4v) is 4.47. The first-order chi connectivity index (χ1) is 13.1. The number of likely N-dealkylation sites (tertiary alicyclic amines) is 2. The average Bonchev–Trinajstić information content (AvgIpc) is 3.52. The molecule has 2 amide bonds. The second-order valence-electron chi connectivity index (χ2n) is 8.49. The van der Waals surface area contributed by atoms with Gasteiger partial charge in [0.1, 0.15) is 0 Å². The molecule has 0 radical (unpaired) electrons. The van der Waals surface area contributed by atoms with Crippen LogP contribution in [0.25, 0.3) is 0 Å². The van der Waals surface area contributed by atoms with Gasteiger partial charge in [-0.25, -0.2) is 0 Å². The van der Waals surface area contributed by atoms with Gasteiger partial charge in [-0.15, -0.1) is 0 Å². The molecular formula is C22H31N3O2. The number of nitrogens with zero attached hydrogens (tertiary/aromatic N) is 2. The number of carbonyl (C=O) groups excluding carboxylic acids is 2. The van der Waals surface area contributed by atoms with Crippen molar-refractivity contribution in [1.29, 1.82) is 0 Å². The topological polar surface area (TPSA) is 52.7 Å². The molecule has 3 fully saturated rings. The maximum absolute atomic E-state index is 12.7. The molecule has 1 saturated carbocycles. The maximum Gasteiger partial charge on any atom is 0.253 e. The highest BCUT2D eigenvalue weighted by atomic mass is 16.2. The first-order valence-corrected chi connectivity index (χ1v) is 10.5. The van der Waals surface area contributed by atoms with Crippen LogP contribution in [0.1, 0.15) is 54.4 Å². The normalized spacial score (nSPS) is 22.6. The summed E-state index contributed by atoms with van der Waals surface area (Å²) in [4.78, 5) is 29.5. The number of benzene rings is 1. The number of amides is 2. The van der Waals surface area contributed by atoms with Crippen LogP contribution >= 0.6 is 0 Å². The molecule has 3 aliphatic rings. The quantitative estimate of drug-likeness (QED) is 0.888. The Bertz CT molecular complexity index is 685. The second-order valence-corrected chi connectivity index (χ2v) is 8.49. The van der Waals surface area contributed by atoms with E-state index in [0.717, 1.165) is 75.8 Å². The van der Waals surface area contributed by atoms with Crippen LogP contribution in [0.4, 0.5) is 0 Å². The van der Waals surface area contributed by atoms with E-state index in [-0.39, 0.29) is 17.7 Å². The van der Waals surface area contributed by atoms with E-state index in [9.17, 15) is 9.59 Å². The Morgan fingerprint density at radius 1 is 0.963 bits per heavy atom. The van der Waals surface area contributed by atoms with Gasteiger partial charge in [-0.2, -0.15) is 0 Å². The van der Waals surface area contributed by atoms with Gasteiger partial charge < -0.3 is 15.1 Å². The van der Waals surface area contributed by atoms with Gasteiger partial charge in [-0.3, -0.25) is 9.59 Å². The van der Waals surface area contributed by atoms with Gasteiger partial charge in [0.25, 0.3) is 5.91 Å². The van der Waals surface area contributed by atoms with E-state index in [1.807, 2.05) is 36.1 Å². The van der Waals surface area contributed by atoms with Crippen LogP contribution in [-0.2, 0) is 4.79 Å². The van der Waals surface area contributed by atoms with E-state index in [1.54, 1.807) is 0 Å². The molecule has 1 aromatic carbocycles. The minimum atomic E-state index is 0.160. The van der Waals surface area contributed by atoms with Crippen LogP contribution < -0.4 is 5.32 Å². The molecule has 146 valence electrons. The van der Waals surface area contributed by atoms with Crippen LogP contribution in [0.5, 0.6) is 0 Å². The number of hydrogen-bond acceptors (Lipinski definition) is 3. The van der Waals surface area contributed by atoms with Crippen LogP contribution in [0.15, 0.2) is 24.3 Å². The predicted molar refractivity (Wildman–Crippen MR) is 106 cm³/mol. The molecule has 4 rings (SSSR count). The molecule has 0 aromatic heterocycles. The first-order valence-electron chi connectivity index (χ1n) is 10.5. The number of carbonyl (C=O) groups is 2. The summed E-state index contributed by atoms with van der Waals surface area (Å²) in [5.74, 6) is 0.633. The van der Waals surface area contributed by atoms with Gasteiger partial charge in [-0.05, 0) is 70.7 Å². The summed E-state index contributed by atoms with van der Waals surface area (Å²) in [6.07, 6.45) is 6.34. The number of nitrogens with one attached hydrogen (secondary N) is 1. The Balaban J connectivity index is 1.23. The minimum absolute atomic E-state index is 0.160. The van der Waals surface area contributed by atoms with Crippen LogP contribution in [0.3, 0.4) is 0 Å². The third-order valence-electron chi connectivity index (χ3n) is 6.36. The summed E-state index contributed by atoms with van der Waals surface area (Å²) >= 11 is 0. The molecular weight excluding hydrogens is 338 g/mol. The number of rotatable bonds is 4. The highest BCUT2D eigenvalue weighted by Crippen LogP contribution is 2.26. The average molecular weight is 370 g/mol. The Labute approximate surface area is 162 Å². The van der Waals surface area contributed by atoms with Gasteiger partial charge >= 0.3 is 0 Å². The van der Waals surface area contributed by atoms with Crippen molar-refractivity contribution in [3.05, 3.63) is 35.4 Å². The van der Waals surface area contributed by atoms with Crippen LogP contribution in [-0.4, -0.2) is 59.9 Å². The molecule has 0 atom stereocenters. The van der Waals surface area contributed by atoms with E-state index in [4.69, 9.17) is 0 Å². The summed E-state index contributed by atoms with van der Waals surface area (Å²) in [6, 6.07) is 8.89. The summed E-state index contributed by atoms with van der Waals surface area (Å²) < 4.78 is 0. The van der Waals surface area contributed by atoms with Crippen molar-refractivity contribution in [3.8, 4) is 0 Å². The van der Waals surface area contributed by atoms with Gasteiger partial charge in [0, 0.05) is 36.7 Å². The summed E-state index contributed by atoms with van der Waals surface area (Å²) in [6.45, 7) is 5.72. The molecule has 1 aliphatic carbocycles. The van der Waals surface area contributed by atoms with Gasteiger partial charge in [0.2, 0.25) is 5.91 Å². The third kappa shape index (κ3) is 4.52. The van der Waals surface area contributed by atoms with Crippen LogP contribution in [0.2, 0.25) is 0 Å². The molecule has 2 saturated heterocycles. The van der Waals surface area contributed by atoms with Crippen molar-refractivity contribution in [2.75, 3.05) is 26.2 Å². The van der Waals surface area contributed by atoms with E-state index in [0.29, 0.717) is 12.1 Å². The Morgan fingerprint density at radius 3 is 2.30 bits per heavy atom. The fourth-order valence-electron chi connectivity index (χ4n) is 4.47. The second kappa shape index (κ2) is 8.01. The number of aryl methyl sites for hydroxylation is 1. The highest BCUT2D eigenvalue weighted by molar-refractivity contribution is 5.94. The largest absolute Gasteiger partial charge is 0.353 e. The zero-order valence-electron chi connectivity index (χ0n) is 16.3. The van der Waals surface area contributed by atoms with Crippen molar-refractivity contribution < 1.29 is 9.59 Å². The minimum Gasteiger partial charge on any atom is -0.353 e. The smallest absolute Gasteiger partial charge is 0.253 e. The molecule has 1 N–H and O–H groups in total. The van der Waals surface area contributed by atoms with Crippen molar-refractivity contribution >= 4 is 11.8 Å². The van der Waals surface area contributed by atoms with Gasteiger partial charge in [0.15, 0.2) is 0 Å². The molecule has 2 heterocycles. The van der Waals surface area contributed by atoms with Crippen molar-refractivity contribution in [3.63, 3.8) is 0 Å². The zero-order valence-corrected chi connectivity index (χ0v) is 16.3. The number of piperidine rings is 2. The molecule has 1 aromatic rings. The molecule has 0 spiro atoms. The fraction of sp³-hybridized carbons (Fsp3) is 0.636. The van der Waals surface area contributed by atoms with Crippen molar-refractivity contribution in [2.24, 2.45) is 5.92 Å². The molecule has 0 bridgehead atoms. The van der Waals surface area contributed by atoms with Crippen molar-refractivity contribution in [2.45, 2.75) is 57.5 Å². The monoisotopic (exact) mass is 369 g/mol. The van der Waals surface area contributed by atoms with Crippen LogP contribution in [0, 0.1) is 12.8 Å². The predicted octanol–water partition coefficient (Wildman–Crippen LogP) is 2.59. The highest BCUT2D eigenvalue weighted by Gasteiger charge is 2.33. The summed E-state index contributed by atoms with van der Waals surface area (Å²) in [5.41, 5.74) is 1.93. The molecule has 27 heavy (non-hydrogen) atoms. The lowest BCUT2D eigenvalue weighted by Crippen LogP contribution is -2.50. The molecule has 0 unspecified atom stereocenters. The van der Waals surface area contributed by atoms with E-state index in [1.165, 1.54) is 0 Å². The SMILES string of the molecule is Cc1cccc(C(=O)N2CCC(N3CCC(C(=O)NC4CC4)CC3)CC2)c1. The number of hydrogen-bond donors (Lipinski definition) is 1. The van der Waals surface area contributed by atoms with Crippen molar-refractivity contribution in [1.82, 2.24) is 15.1 Å². The third-order valence-corrected chi connectivity index (χ3v) is 6.36. The lowest BCUT2D eigenvalue weighted by atomic mass is 9.92. The van der Waals surface area contributed by atoms with Gasteiger partial charge in [-0.1, -0.05) is 17.7 Å². The van der Waals surface area contributed by atoms with E-state index >= 15 is 0 Å². The lowest BCUT2D eigenvalue weighted by Gasteiger charge is -2.41. The Kier molecular flexibility index (Phi) is 5.48. The Morgan fingerprint density at radius 2 is 1.67 bits per heavy atom. The zero-order chi connectivity index (χ0) is 18.8. The van der Waals surface area contributed by atoms with E-state index < -0.39 is 0 Å². The maximum atomic E-state index is 12.7. The lowest BCUT2D eigenvalue weighted by molar-refractivity contribution is -0.126. The summed E-state index contributed by atoms with van der Waals surface area (Å²) in [7, 11) is 0. The molecule has 5 nitrogen and oxygen atoms in total.